The zero-order valence-electron chi connectivity index (χ0n) is 20.4. The summed E-state index contributed by atoms with van der Waals surface area (Å²) in [5.41, 5.74) is 1.23. The summed E-state index contributed by atoms with van der Waals surface area (Å²) in [5.74, 6) is 0.752. The first kappa shape index (κ1) is 24.7. The third kappa shape index (κ3) is 4.86. The Balaban J connectivity index is 1.52. The first-order valence-corrected chi connectivity index (χ1v) is 12.2. The molecule has 2 heterocycles. The molecule has 0 radical (unpaired) electrons. The van der Waals surface area contributed by atoms with Crippen molar-refractivity contribution in [2.75, 3.05) is 13.7 Å². The first-order chi connectivity index (χ1) is 18.0. The van der Waals surface area contributed by atoms with E-state index in [0.29, 0.717) is 6.54 Å². The summed E-state index contributed by atoms with van der Waals surface area (Å²) < 4.78 is 12.8. The number of aromatic amines is 1. The average molecular weight is 500 g/mol. The monoisotopic (exact) mass is 499 g/mol. The number of hydrogen-bond acceptors (Lipinski definition) is 6. The number of benzene rings is 3. The van der Waals surface area contributed by atoms with Gasteiger partial charge in [-0.1, -0.05) is 72.8 Å². The van der Waals surface area contributed by atoms with Crippen LogP contribution in [0.15, 0.2) is 107 Å². The molecule has 0 saturated carbocycles. The molecule has 3 atom stereocenters. The van der Waals surface area contributed by atoms with E-state index in [0.717, 1.165) is 22.4 Å². The largest absolute Gasteiger partial charge is 0.497 e. The van der Waals surface area contributed by atoms with Gasteiger partial charge in [-0.15, -0.1) is 0 Å². The normalized spacial score (nSPS) is 19.6. The van der Waals surface area contributed by atoms with Crippen molar-refractivity contribution in [2.24, 2.45) is 0 Å². The summed E-state index contributed by atoms with van der Waals surface area (Å²) in [7, 11) is 1.64. The lowest BCUT2D eigenvalue weighted by molar-refractivity contribution is -0.0212. The Hall–Kier alpha value is -3.98. The molecule has 3 aromatic carbocycles. The molecule has 5 rings (SSSR count). The third-order valence-corrected chi connectivity index (χ3v) is 6.87. The van der Waals surface area contributed by atoms with E-state index in [1.807, 2.05) is 60.7 Å². The lowest BCUT2D eigenvalue weighted by Gasteiger charge is -2.38. The molecule has 1 aromatic heterocycles. The second kappa shape index (κ2) is 10.6. The Morgan fingerprint density at radius 1 is 0.946 bits per heavy atom. The number of hydrogen-bond donors (Lipinski definition) is 3. The Kier molecular flexibility index (Phi) is 7.05. The fraction of sp³-hybridized carbons (Fsp3) is 0.241. The van der Waals surface area contributed by atoms with E-state index < -0.39 is 35.2 Å². The summed E-state index contributed by atoms with van der Waals surface area (Å²) >= 11 is 0. The van der Waals surface area contributed by atoms with Crippen molar-refractivity contribution in [1.29, 1.82) is 0 Å². The molecule has 1 fully saturated rings. The number of H-pyrrole nitrogens is 1. The van der Waals surface area contributed by atoms with E-state index in [2.05, 4.69) is 34.6 Å². The van der Waals surface area contributed by atoms with Gasteiger partial charge in [0.15, 0.2) is 0 Å². The van der Waals surface area contributed by atoms with E-state index in [1.54, 1.807) is 7.11 Å². The minimum atomic E-state index is -0.809. The molecule has 190 valence electrons. The zero-order valence-corrected chi connectivity index (χ0v) is 20.4. The number of nitrogens with one attached hydrogen (secondary N) is 2. The Morgan fingerprint density at radius 2 is 1.54 bits per heavy atom. The van der Waals surface area contributed by atoms with Crippen molar-refractivity contribution >= 4 is 0 Å². The van der Waals surface area contributed by atoms with Crippen LogP contribution in [0.4, 0.5) is 0 Å². The number of aliphatic hydroxyl groups is 1. The van der Waals surface area contributed by atoms with Crippen LogP contribution in [-0.2, 0) is 10.3 Å². The van der Waals surface area contributed by atoms with Gasteiger partial charge in [-0.25, -0.2) is 4.79 Å². The smallest absolute Gasteiger partial charge is 0.330 e. The summed E-state index contributed by atoms with van der Waals surface area (Å²) in [6.07, 6.45) is -0.464. The number of rotatable bonds is 8. The van der Waals surface area contributed by atoms with Crippen LogP contribution < -0.4 is 21.3 Å². The van der Waals surface area contributed by atoms with E-state index in [-0.39, 0.29) is 6.42 Å². The van der Waals surface area contributed by atoms with Gasteiger partial charge < -0.3 is 14.6 Å². The van der Waals surface area contributed by atoms with Crippen molar-refractivity contribution in [3.63, 3.8) is 0 Å². The summed E-state index contributed by atoms with van der Waals surface area (Å²) in [4.78, 5) is 26.0. The minimum Gasteiger partial charge on any atom is -0.497 e. The van der Waals surface area contributed by atoms with Crippen LogP contribution >= 0.6 is 0 Å². The highest BCUT2D eigenvalue weighted by Crippen LogP contribution is 2.38. The van der Waals surface area contributed by atoms with E-state index >= 15 is 0 Å². The first-order valence-electron chi connectivity index (χ1n) is 12.2. The van der Waals surface area contributed by atoms with Gasteiger partial charge in [0, 0.05) is 25.2 Å². The maximum atomic E-state index is 12.3. The molecule has 1 aliphatic heterocycles. The predicted octanol–water partition coefficient (Wildman–Crippen LogP) is 2.78. The molecule has 37 heavy (non-hydrogen) atoms. The Bertz CT molecular complexity index is 1390. The summed E-state index contributed by atoms with van der Waals surface area (Å²) in [6.45, 7) is 0.297. The number of methoxy groups -OCH3 is 1. The van der Waals surface area contributed by atoms with Crippen molar-refractivity contribution in [1.82, 2.24) is 14.9 Å². The molecule has 3 N–H and O–H groups in total. The van der Waals surface area contributed by atoms with Gasteiger partial charge in [0.25, 0.3) is 5.56 Å². The zero-order chi connectivity index (χ0) is 25.8. The van der Waals surface area contributed by atoms with Crippen molar-refractivity contribution in [3.8, 4) is 5.75 Å². The van der Waals surface area contributed by atoms with E-state index in [1.165, 1.54) is 16.8 Å². The van der Waals surface area contributed by atoms with Gasteiger partial charge in [-0.2, -0.15) is 0 Å². The van der Waals surface area contributed by atoms with Gasteiger partial charge in [-0.3, -0.25) is 19.7 Å². The van der Waals surface area contributed by atoms with Crippen molar-refractivity contribution in [3.05, 3.63) is 135 Å². The minimum absolute atomic E-state index is 0.227. The molecule has 0 spiro atoms. The molecule has 8 nitrogen and oxygen atoms in total. The SMILES string of the molecule is COc1ccc(C(NC[C@H]2O[C@@H](n3ccc(=O)[nH]c3=O)CC2O)(c2ccccc2)c2ccccc2)cc1. The van der Waals surface area contributed by atoms with Gasteiger partial charge in [0.05, 0.1) is 24.9 Å². The van der Waals surface area contributed by atoms with Gasteiger partial charge >= 0.3 is 5.69 Å². The highest BCUT2D eigenvalue weighted by atomic mass is 16.5. The third-order valence-electron chi connectivity index (χ3n) is 6.87. The lowest BCUT2D eigenvalue weighted by atomic mass is 9.77. The molecule has 0 bridgehead atoms. The van der Waals surface area contributed by atoms with Crippen LogP contribution in [0.3, 0.4) is 0 Å². The fourth-order valence-electron chi connectivity index (χ4n) is 5.00. The Morgan fingerprint density at radius 3 is 2.11 bits per heavy atom. The van der Waals surface area contributed by atoms with Crippen LogP contribution in [0.2, 0.25) is 0 Å². The van der Waals surface area contributed by atoms with Crippen molar-refractivity contribution < 1.29 is 14.6 Å². The molecule has 1 unspecified atom stereocenters. The topological polar surface area (TPSA) is 106 Å². The molecule has 1 saturated heterocycles. The number of ether oxygens (including phenoxy) is 2. The highest BCUT2D eigenvalue weighted by molar-refractivity contribution is 5.50. The average Bonchev–Trinajstić information content (AvgIpc) is 3.30. The number of aliphatic hydroxyl groups excluding tert-OH is 1. The van der Waals surface area contributed by atoms with Crippen LogP contribution in [0.1, 0.15) is 29.3 Å². The maximum absolute atomic E-state index is 12.3. The molecular formula is C29H29N3O5. The summed E-state index contributed by atoms with van der Waals surface area (Å²) in [6, 6.07) is 29.4. The van der Waals surface area contributed by atoms with Crippen LogP contribution in [0, 0.1) is 0 Å². The van der Waals surface area contributed by atoms with Gasteiger partial charge in [-0.05, 0) is 28.8 Å². The second-order valence-electron chi connectivity index (χ2n) is 9.04. The second-order valence-corrected chi connectivity index (χ2v) is 9.04. The van der Waals surface area contributed by atoms with E-state index in [4.69, 9.17) is 9.47 Å². The Labute approximate surface area is 214 Å². The molecule has 8 heteroatoms. The molecule has 1 aliphatic rings. The van der Waals surface area contributed by atoms with Gasteiger partial charge in [0.2, 0.25) is 0 Å². The quantitative estimate of drug-likeness (QED) is 0.322. The van der Waals surface area contributed by atoms with Crippen LogP contribution in [0.5, 0.6) is 5.75 Å². The molecular weight excluding hydrogens is 470 g/mol. The summed E-state index contributed by atoms with van der Waals surface area (Å²) in [5, 5.41) is 14.6. The number of nitrogens with zero attached hydrogens (tertiary/aromatic N) is 1. The molecule has 4 aromatic rings. The van der Waals surface area contributed by atoms with E-state index in [9.17, 15) is 14.7 Å². The highest BCUT2D eigenvalue weighted by Gasteiger charge is 2.40. The standard InChI is InChI=1S/C29H29N3O5/c1-36-23-14-12-22(13-15-23)29(20-8-4-2-5-9-20,21-10-6-3-7-11-21)30-19-25-24(33)18-27(37-25)32-17-16-26(34)31-28(32)35/h2-17,24-25,27,30,33H,18-19H2,1H3,(H,31,34,35)/t24?,25-,27-/m1/s1. The van der Waals surface area contributed by atoms with Crippen LogP contribution in [0.25, 0.3) is 0 Å². The van der Waals surface area contributed by atoms with Crippen LogP contribution in [-0.4, -0.2) is 40.5 Å². The van der Waals surface area contributed by atoms with Gasteiger partial charge in [0.1, 0.15) is 12.0 Å². The molecule has 0 aliphatic carbocycles. The molecule has 0 amide bonds. The lowest BCUT2D eigenvalue weighted by Crippen LogP contribution is -2.49. The maximum Gasteiger partial charge on any atom is 0.330 e. The fourth-order valence-corrected chi connectivity index (χ4v) is 5.00. The van der Waals surface area contributed by atoms with Crippen molar-refractivity contribution in [2.45, 2.75) is 30.4 Å². The number of aromatic nitrogens is 2. The predicted molar refractivity (Wildman–Crippen MR) is 140 cm³/mol.